The summed E-state index contributed by atoms with van der Waals surface area (Å²) in [4.78, 5) is 20.2. The highest BCUT2D eigenvalue weighted by Crippen LogP contribution is 2.39. The smallest absolute Gasteiger partial charge is 0.417 e. The van der Waals surface area contributed by atoms with E-state index < -0.39 is 17.7 Å². The molecule has 1 saturated heterocycles. The molecule has 3 heterocycles. The van der Waals surface area contributed by atoms with E-state index in [1.54, 1.807) is 17.0 Å². The molecule has 1 aromatic carbocycles. The molecule has 0 aliphatic carbocycles. The summed E-state index contributed by atoms with van der Waals surface area (Å²) in [6.07, 6.45) is -4.58. The van der Waals surface area contributed by atoms with Crippen LogP contribution in [-0.4, -0.2) is 44.2 Å². The summed E-state index contributed by atoms with van der Waals surface area (Å²) >= 11 is 0.879. The van der Waals surface area contributed by atoms with Crippen LogP contribution in [0.25, 0.3) is 10.2 Å². The zero-order valence-corrected chi connectivity index (χ0v) is 16.7. The normalized spacial score (nSPS) is 15.0. The van der Waals surface area contributed by atoms with Gasteiger partial charge in [-0.1, -0.05) is 0 Å². The summed E-state index contributed by atoms with van der Waals surface area (Å²) in [6, 6.07) is 8.32. The van der Waals surface area contributed by atoms with Crippen molar-refractivity contribution in [2.75, 3.05) is 43.1 Å². The number of halogens is 4. The lowest BCUT2D eigenvalue weighted by Crippen LogP contribution is -2.46. The zero-order chi connectivity index (χ0) is 21.5. The zero-order valence-electron chi connectivity index (χ0n) is 15.9. The van der Waals surface area contributed by atoms with Gasteiger partial charge in [-0.3, -0.25) is 0 Å². The van der Waals surface area contributed by atoms with Crippen molar-refractivity contribution in [3.05, 3.63) is 52.7 Å². The number of anilines is 2. The minimum atomic E-state index is -4.58. The van der Waals surface area contributed by atoms with Crippen LogP contribution in [0, 0.1) is 5.82 Å². The molecule has 0 radical (unpaired) electrons. The van der Waals surface area contributed by atoms with Crippen molar-refractivity contribution in [1.29, 1.82) is 0 Å². The number of nitrogens with zero attached hydrogens (tertiary/aromatic N) is 3. The predicted octanol–water partition coefficient (Wildman–Crippen LogP) is 4.57. The first kappa shape index (κ1) is 20.4. The number of esters is 1. The highest BCUT2D eigenvalue weighted by molar-refractivity contribution is 7.20. The molecule has 0 atom stereocenters. The highest BCUT2D eigenvalue weighted by Gasteiger charge is 2.35. The lowest BCUT2D eigenvalue weighted by atomic mass is 10.1. The van der Waals surface area contributed by atoms with Gasteiger partial charge in [0.1, 0.15) is 21.3 Å². The van der Waals surface area contributed by atoms with Gasteiger partial charge in [0.05, 0.1) is 12.7 Å². The van der Waals surface area contributed by atoms with Gasteiger partial charge in [0.2, 0.25) is 0 Å². The molecule has 30 heavy (non-hydrogen) atoms. The number of pyridine rings is 1. The lowest BCUT2D eigenvalue weighted by Gasteiger charge is -2.37. The Hall–Kier alpha value is -2.88. The number of benzene rings is 1. The van der Waals surface area contributed by atoms with E-state index in [0.29, 0.717) is 26.2 Å². The fourth-order valence-electron chi connectivity index (χ4n) is 3.44. The summed E-state index contributed by atoms with van der Waals surface area (Å²) in [6.45, 7) is 2.04. The fraction of sp³-hybridized carbons (Fsp3) is 0.300. The molecule has 158 valence electrons. The van der Waals surface area contributed by atoms with Gasteiger partial charge >= 0.3 is 12.1 Å². The molecule has 0 saturated carbocycles. The van der Waals surface area contributed by atoms with E-state index >= 15 is 0 Å². The van der Waals surface area contributed by atoms with Crippen LogP contribution in [0.4, 0.5) is 29.1 Å². The molecule has 1 fully saturated rings. The first-order valence-electron chi connectivity index (χ1n) is 9.12. The number of fused-ring (bicyclic) bond motifs is 1. The molecule has 1 aliphatic rings. The van der Waals surface area contributed by atoms with Crippen molar-refractivity contribution in [3.63, 3.8) is 0 Å². The van der Waals surface area contributed by atoms with Gasteiger partial charge in [-0.2, -0.15) is 13.2 Å². The lowest BCUT2D eigenvalue weighted by molar-refractivity contribution is -0.136. The van der Waals surface area contributed by atoms with Crippen molar-refractivity contribution >= 4 is 39.0 Å². The monoisotopic (exact) mass is 439 g/mol. The Morgan fingerprint density at radius 2 is 1.70 bits per heavy atom. The summed E-state index contributed by atoms with van der Waals surface area (Å²) in [5, 5.41) is -0.110. The van der Waals surface area contributed by atoms with Gasteiger partial charge in [-0.25, -0.2) is 14.2 Å². The Kier molecular flexibility index (Phi) is 5.27. The molecule has 1 aliphatic heterocycles. The largest absolute Gasteiger partial charge is 0.465 e. The van der Waals surface area contributed by atoms with E-state index in [-0.39, 0.29) is 26.7 Å². The molecule has 4 rings (SSSR count). The summed E-state index contributed by atoms with van der Waals surface area (Å²) < 4.78 is 58.8. The van der Waals surface area contributed by atoms with Crippen LogP contribution < -0.4 is 9.80 Å². The second kappa shape index (κ2) is 7.75. The number of hydrogen-bond donors (Lipinski definition) is 0. The van der Waals surface area contributed by atoms with Crippen molar-refractivity contribution in [1.82, 2.24) is 4.98 Å². The van der Waals surface area contributed by atoms with Crippen molar-refractivity contribution < 1.29 is 27.1 Å². The molecule has 2 aromatic heterocycles. The second-order valence-corrected chi connectivity index (χ2v) is 7.83. The third-order valence-corrected chi connectivity index (χ3v) is 5.99. The van der Waals surface area contributed by atoms with Crippen LogP contribution in [0.5, 0.6) is 0 Å². The van der Waals surface area contributed by atoms with E-state index in [9.17, 15) is 22.4 Å². The van der Waals surface area contributed by atoms with Gasteiger partial charge in [-0.05, 0) is 36.4 Å². The molecular formula is C20H17F4N3O2S. The van der Waals surface area contributed by atoms with E-state index in [1.165, 1.54) is 25.3 Å². The standard InChI is InChI=1S/C20H17F4N3O2S/c1-29-19(28)16-10-14-15(20(22,23)24)11-17(25-18(14)30-16)27-8-6-26(7-9-27)13-4-2-12(21)3-5-13/h2-5,10-11H,6-9H2,1H3. The third kappa shape index (κ3) is 3.91. The van der Waals surface area contributed by atoms with Crippen LogP contribution in [0.1, 0.15) is 15.2 Å². The van der Waals surface area contributed by atoms with Crippen molar-refractivity contribution in [2.24, 2.45) is 0 Å². The molecule has 0 bridgehead atoms. The van der Waals surface area contributed by atoms with Crippen LogP contribution in [0.3, 0.4) is 0 Å². The first-order valence-corrected chi connectivity index (χ1v) is 9.93. The molecule has 5 nitrogen and oxygen atoms in total. The maximum absolute atomic E-state index is 13.7. The number of alkyl halides is 3. The molecular weight excluding hydrogens is 422 g/mol. The molecule has 0 spiro atoms. The number of methoxy groups -OCH3 is 1. The summed E-state index contributed by atoms with van der Waals surface area (Å²) in [7, 11) is 1.18. The van der Waals surface area contributed by atoms with Gasteiger partial charge in [0, 0.05) is 37.3 Å². The number of ether oxygens (including phenoxy) is 1. The molecule has 0 N–H and O–H groups in total. The number of hydrogen-bond acceptors (Lipinski definition) is 6. The maximum Gasteiger partial charge on any atom is 0.417 e. The summed E-state index contributed by atoms with van der Waals surface area (Å²) in [5.41, 5.74) is 0.0336. The Balaban J connectivity index is 1.62. The highest BCUT2D eigenvalue weighted by atomic mass is 32.1. The SMILES string of the molecule is COC(=O)c1cc2c(C(F)(F)F)cc(N3CCN(c4ccc(F)cc4)CC3)nc2s1. The first-order chi connectivity index (χ1) is 14.3. The Bertz CT molecular complexity index is 1070. The Labute approximate surface area is 173 Å². The molecule has 3 aromatic rings. The van der Waals surface area contributed by atoms with E-state index in [0.717, 1.165) is 23.1 Å². The second-order valence-electron chi connectivity index (χ2n) is 6.80. The minimum Gasteiger partial charge on any atom is -0.465 e. The third-order valence-electron chi connectivity index (χ3n) is 4.98. The van der Waals surface area contributed by atoms with E-state index in [2.05, 4.69) is 9.72 Å². The predicted molar refractivity (Wildman–Crippen MR) is 107 cm³/mol. The number of carbonyl (C=O) groups is 1. The van der Waals surface area contributed by atoms with Crippen LogP contribution >= 0.6 is 11.3 Å². The van der Waals surface area contributed by atoms with E-state index in [1.807, 2.05) is 4.90 Å². The van der Waals surface area contributed by atoms with Gasteiger partial charge < -0.3 is 14.5 Å². The average molecular weight is 439 g/mol. The number of rotatable bonds is 3. The number of thiophene rings is 1. The number of carbonyl (C=O) groups excluding carboxylic acids is 1. The van der Waals surface area contributed by atoms with Gasteiger partial charge in [0.15, 0.2) is 0 Å². The molecule has 10 heteroatoms. The van der Waals surface area contributed by atoms with E-state index in [4.69, 9.17) is 0 Å². The topological polar surface area (TPSA) is 45.7 Å². The summed E-state index contributed by atoms with van der Waals surface area (Å²) in [5.74, 6) is -0.802. The van der Waals surface area contributed by atoms with Gasteiger partial charge in [0.25, 0.3) is 0 Å². The van der Waals surface area contributed by atoms with Gasteiger partial charge in [-0.15, -0.1) is 11.3 Å². The average Bonchev–Trinajstić information content (AvgIpc) is 3.16. The number of aromatic nitrogens is 1. The Morgan fingerprint density at radius 3 is 2.30 bits per heavy atom. The Morgan fingerprint density at radius 1 is 1.07 bits per heavy atom. The molecule has 0 amide bonds. The fourth-order valence-corrected chi connectivity index (χ4v) is 4.41. The van der Waals surface area contributed by atoms with Crippen LogP contribution in [-0.2, 0) is 10.9 Å². The maximum atomic E-state index is 13.7. The van der Waals surface area contributed by atoms with Crippen LogP contribution in [0.2, 0.25) is 0 Å². The van der Waals surface area contributed by atoms with Crippen molar-refractivity contribution in [2.45, 2.75) is 6.18 Å². The number of piperazine rings is 1. The molecule has 0 unspecified atom stereocenters. The quantitative estimate of drug-likeness (QED) is 0.442. The van der Waals surface area contributed by atoms with Crippen molar-refractivity contribution in [3.8, 4) is 0 Å². The van der Waals surface area contributed by atoms with Crippen LogP contribution in [0.15, 0.2) is 36.4 Å². The minimum absolute atomic E-state index is 0.0729.